The number of nitrogens with one attached hydrogen (secondary N) is 1. The Balaban J connectivity index is 1.91. The maximum Gasteiger partial charge on any atom is 0.235 e. The van der Waals surface area contributed by atoms with E-state index in [0.717, 1.165) is 5.56 Å². The number of anilines is 1. The van der Waals surface area contributed by atoms with Gasteiger partial charge >= 0.3 is 0 Å². The summed E-state index contributed by atoms with van der Waals surface area (Å²) in [5.74, 6) is -1.67. The molecule has 1 fully saturated rings. The fourth-order valence-corrected chi connectivity index (χ4v) is 3.51. The number of benzene rings is 1. The number of para-hydroxylation sites is 1. The maximum absolute atomic E-state index is 13.8. The van der Waals surface area contributed by atoms with E-state index in [2.05, 4.69) is 10.4 Å². The Labute approximate surface area is 149 Å². The third-order valence-electron chi connectivity index (χ3n) is 4.22. The molecule has 1 aliphatic rings. The molecular formula is C16H16ClFN4OS. The molecule has 0 spiro atoms. The summed E-state index contributed by atoms with van der Waals surface area (Å²) >= 11 is 11.7. The molecule has 1 aromatic carbocycles. The van der Waals surface area contributed by atoms with Crippen LogP contribution in [0.5, 0.6) is 0 Å². The fraction of sp³-hybridized carbons (Fsp3) is 0.312. The molecule has 0 bridgehead atoms. The van der Waals surface area contributed by atoms with Gasteiger partial charge < -0.3 is 10.2 Å². The number of thiocarbonyl (C=S) groups is 1. The van der Waals surface area contributed by atoms with Crippen LogP contribution < -0.4 is 5.32 Å². The van der Waals surface area contributed by atoms with Crippen LogP contribution in [0.3, 0.4) is 0 Å². The number of carbonyl (C=O) groups excluding carboxylic acids is 1. The van der Waals surface area contributed by atoms with E-state index in [4.69, 9.17) is 23.8 Å². The molecule has 126 valence electrons. The first-order valence-electron chi connectivity index (χ1n) is 7.38. The minimum absolute atomic E-state index is 0.135. The van der Waals surface area contributed by atoms with Crippen molar-refractivity contribution in [1.29, 1.82) is 0 Å². The van der Waals surface area contributed by atoms with E-state index in [9.17, 15) is 9.18 Å². The molecule has 0 saturated carbocycles. The van der Waals surface area contributed by atoms with Gasteiger partial charge in [-0.2, -0.15) is 5.10 Å². The Morgan fingerprint density at radius 1 is 1.42 bits per heavy atom. The van der Waals surface area contributed by atoms with E-state index >= 15 is 0 Å². The normalized spacial score (nSPS) is 20.5. The zero-order chi connectivity index (χ0) is 17.4. The van der Waals surface area contributed by atoms with Crippen LogP contribution >= 0.6 is 23.8 Å². The summed E-state index contributed by atoms with van der Waals surface area (Å²) < 4.78 is 15.4. The number of aryl methyl sites for hydroxylation is 1. The molecule has 1 aliphatic heterocycles. The van der Waals surface area contributed by atoms with Gasteiger partial charge in [-0.05, 0) is 12.1 Å². The van der Waals surface area contributed by atoms with Crippen LogP contribution in [-0.2, 0) is 11.8 Å². The van der Waals surface area contributed by atoms with E-state index in [0.29, 0.717) is 16.7 Å². The Bertz CT molecular complexity index is 809. The molecule has 24 heavy (non-hydrogen) atoms. The van der Waals surface area contributed by atoms with Crippen LogP contribution in [0.4, 0.5) is 10.1 Å². The lowest BCUT2D eigenvalue weighted by Gasteiger charge is -2.17. The highest BCUT2D eigenvalue weighted by atomic mass is 35.5. The second-order valence-corrected chi connectivity index (χ2v) is 6.56. The van der Waals surface area contributed by atoms with E-state index in [1.165, 1.54) is 12.1 Å². The number of hydrogen-bond acceptors (Lipinski definition) is 3. The van der Waals surface area contributed by atoms with Gasteiger partial charge in [-0.25, -0.2) is 4.39 Å². The Hall–Kier alpha value is -1.99. The monoisotopic (exact) mass is 366 g/mol. The molecule has 0 aliphatic carbocycles. The molecule has 1 N–H and O–H groups in total. The van der Waals surface area contributed by atoms with Crippen molar-refractivity contribution in [1.82, 2.24) is 14.7 Å². The van der Waals surface area contributed by atoms with Crippen molar-refractivity contribution in [2.45, 2.75) is 5.92 Å². The van der Waals surface area contributed by atoms with Crippen molar-refractivity contribution in [2.24, 2.45) is 13.0 Å². The molecule has 2 atom stereocenters. The first kappa shape index (κ1) is 16.9. The lowest BCUT2D eigenvalue weighted by molar-refractivity contribution is -0.118. The second-order valence-electron chi connectivity index (χ2n) is 5.79. The van der Waals surface area contributed by atoms with E-state index < -0.39 is 11.7 Å². The van der Waals surface area contributed by atoms with Gasteiger partial charge in [0.1, 0.15) is 11.0 Å². The van der Waals surface area contributed by atoms with Crippen molar-refractivity contribution in [3.8, 4) is 0 Å². The summed E-state index contributed by atoms with van der Waals surface area (Å²) in [7, 11) is 3.56. The average molecular weight is 367 g/mol. The van der Waals surface area contributed by atoms with Crippen molar-refractivity contribution in [3.05, 3.63) is 47.0 Å². The van der Waals surface area contributed by atoms with E-state index in [1.807, 2.05) is 11.9 Å². The Morgan fingerprint density at radius 2 is 2.12 bits per heavy atom. The minimum atomic E-state index is -0.605. The summed E-state index contributed by atoms with van der Waals surface area (Å²) in [6.07, 6.45) is 1.65. The van der Waals surface area contributed by atoms with Gasteiger partial charge in [0.05, 0.1) is 22.8 Å². The van der Waals surface area contributed by atoms with Gasteiger partial charge in [-0.3, -0.25) is 9.48 Å². The molecule has 1 aromatic heterocycles. The largest absolute Gasteiger partial charge is 0.368 e. The van der Waals surface area contributed by atoms with E-state index in [-0.39, 0.29) is 17.5 Å². The number of likely N-dealkylation sites (N-methyl/N-ethyl adjacent to an activating group) is 1. The number of rotatable bonds is 3. The number of carbonyl (C=O) groups is 1. The topological polar surface area (TPSA) is 50.2 Å². The van der Waals surface area contributed by atoms with Crippen LogP contribution in [0.15, 0.2) is 30.5 Å². The summed E-state index contributed by atoms with van der Waals surface area (Å²) in [5, 5.41) is 7.24. The number of halogens is 2. The Morgan fingerprint density at radius 3 is 2.75 bits per heavy atom. The highest BCUT2D eigenvalue weighted by Gasteiger charge is 2.43. The molecule has 0 radical (unpaired) electrons. The minimum Gasteiger partial charge on any atom is -0.368 e. The van der Waals surface area contributed by atoms with Crippen molar-refractivity contribution in [2.75, 3.05) is 18.9 Å². The van der Waals surface area contributed by atoms with Gasteiger partial charge in [0.15, 0.2) is 0 Å². The van der Waals surface area contributed by atoms with Gasteiger partial charge in [0, 0.05) is 32.1 Å². The van der Waals surface area contributed by atoms with Gasteiger partial charge in [-0.1, -0.05) is 36.0 Å². The van der Waals surface area contributed by atoms with E-state index in [1.54, 1.807) is 30.1 Å². The number of likely N-dealkylation sites (tertiary alicyclic amines) is 1. The summed E-state index contributed by atoms with van der Waals surface area (Å²) in [6, 6.07) is 6.04. The molecule has 5 nitrogen and oxygen atoms in total. The molecule has 1 saturated heterocycles. The predicted octanol–water partition coefficient (Wildman–Crippen LogP) is 2.82. The first-order chi connectivity index (χ1) is 11.4. The highest BCUT2D eigenvalue weighted by Crippen LogP contribution is 2.37. The predicted molar refractivity (Wildman–Crippen MR) is 94.7 cm³/mol. The smallest absolute Gasteiger partial charge is 0.235 e. The summed E-state index contributed by atoms with van der Waals surface area (Å²) in [5.41, 5.74) is 0.899. The van der Waals surface area contributed by atoms with Crippen LogP contribution in [-0.4, -0.2) is 39.2 Å². The highest BCUT2D eigenvalue weighted by molar-refractivity contribution is 7.80. The van der Waals surface area contributed by atoms with Crippen LogP contribution in [0, 0.1) is 11.7 Å². The Kier molecular flexibility index (Phi) is 4.56. The van der Waals surface area contributed by atoms with Crippen molar-refractivity contribution >= 4 is 40.4 Å². The van der Waals surface area contributed by atoms with Gasteiger partial charge in [0.25, 0.3) is 0 Å². The number of nitrogens with zero attached hydrogens (tertiary/aromatic N) is 3. The maximum atomic E-state index is 13.8. The summed E-state index contributed by atoms with van der Waals surface area (Å²) in [6.45, 7) is 0.555. The molecule has 2 heterocycles. The number of hydrogen-bond donors (Lipinski definition) is 1. The summed E-state index contributed by atoms with van der Waals surface area (Å²) in [4.78, 5) is 15.1. The molecular weight excluding hydrogens is 351 g/mol. The lowest BCUT2D eigenvalue weighted by Crippen LogP contribution is -2.31. The van der Waals surface area contributed by atoms with Crippen molar-refractivity contribution in [3.63, 3.8) is 0 Å². The van der Waals surface area contributed by atoms with Gasteiger partial charge in [-0.15, -0.1) is 0 Å². The molecule has 3 rings (SSSR count). The fourth-order valence-electron chi connectivity index (χ4n) is 2.93. The third-order valence-corrected chi connectivity index (χ3v) is 5.25. The first-order valence-corrected chi connectivity index (χ1v) is 8.16. The molecule has 8 heteroatoms. The average Bonchev–Trinajstić information content (AvgIpc) is 3.02. The van der Waals surface area contributed by atoms with Crippen LogP contribution in [0.2, 0.25) is 5.15 Å². The second kappa shape index (κ2) is 6.49. The number of aromatic nitrogens is 2. The zero-order valence-electron chi connectivity index (χ0n) is 13.2. The molecule has 0 unspecified atom stereocenters. The van der Waals surface area contributed by atoms with Crippen molar-refractivity contribution < 1.29 is 9.18 Å². The number of amides is 1. The quantitative estimate of drug-likeness (QED) is 0.849. The molecule has 2 aromatic rings. The van der Waals surface area contributed by atoms with Crippen LogP contribution in [0.25, 0.3) is 0 Å². The zero-order valence-corrected chi connectivity index (χ0v) is 14.7. The molecule has 1 amide bonds. The van der Waals surface area contributed by atoms with Gasteiger partial charge in [0.2, 0.25) is 5.91 Å². The van der Waals surface area contributed by atoms with Crippen LogP contribution in [0.1, 0.15) is 11.5 Å². The standard InChI is InChI=1S/C16H16ClFN4OS/c1-21-8-10(9-7-19-22(2)14(9)17)13(16(21)24)15(23)20-12-6-4-3-5-11(12)18/h3-7,10,13H,8H2,1-2H3,(H,20,23)/t10-,13+/m1/s1. The SMILES string of the molecule is CN1C[C@H](c2cnn(C)c2Cl)[C@@H](C(=O)Nc2ccccc2F)C1=S. The third kappa shape index (κ3) is 2.89. The lowest BCUT2D eigenvalue weighted by atomic mass is 9.90.